The van der Waals surface area contributed by atoms with Crippen molar-refractivity contribution in [2.24, 2.45) is 0 Å². The van der Waals surface area contributed by atoms with E-state index < -0.39 is 0 Å². The smallest absolute Gasteiger partial charge is 0.0466 e. The molecule has 4 fully saturated rings. The molecule has 0 bridgehead atoms. The zero-order chi connectivity index (χ0) is 14.1. The van der Waals surface area contributed by atoms with Crippen molar-refractivity contribution in [2.45, 2.75) is 12.8 Å². The summed E-state index contributed by atoms with van der Waals surface area (Å²) in [5, 5.41) is 0. The molecule has 0 aromatic carbocycles. The number of rotatable bonds is 0. The van der Waals surface area contributed by atoms with Gasteiger partial charge in [-0.05, 0) is 109 Å². The van der Waals surface area contributed by atoms with Gasteiger partial charge in [0.2, 0.25) is 0 Å². The summed E-state index contributed by atoms with van der Waals surface area (Å²) in [4.78, 5) is 0. The normalized spacial score (nSPS) is 22.9. The fourth-order valence-electron chi connectivity index (χ4n) is 1.47. The van der Waals surface area contributed by atoms with Crippen molar-refractivity contribution in [1.82, 2.24) is 0 Å². The molecular weight excluding hydrogens is 395 g/mol. The van der Waals surface area contributed by atoms with Crippen LogP contribution in [0.4, 0.5) is 0 Å². The summed E-state index contributed by atoms with van der Waals surface area (Å²) in [6, 6.07) is 0. The number of ether oxygens (including phenoxy) is 1. The molecule has 21 heavy (non-hydrogen) atoms. The Bertz CT molecular complexity index is 98.0. The molecule has 0 aromatic rings. The molecule has 1 aliphatic heterocycles. The second-order valence-corrected chi connectivity index (χ2v) is 4.21. The summed E-state index contributed by atoms with van der Waals surface area (Å²) in [5.41, 5.74) is 0. The first-order valence-corrected chi connectivity index (χ1v) is 7.08. The standard InChI is InChI=1S/3C5H5.C4H8O.Sm/c4*1-2-4-5-3-1;/h3*1-5H;1-4H2;. The van der Waals surface area contributed by atoms with E-state index in [1.165, 1.54) is 12.8 Å². The van der Waals surface area contributed by atoms with E-state index in [9.17, 15) is 0 Å². The van der Waals surface area contributed by atoms with Gasteiger partial charge in [-0.2, -0.15) is 0 Å². The molecule has 1 heterocycles. The molecule has 1 nitrogen and oxygen atoms in total. The van der Waals surface area contributed by atoms with Gasteiger partial charge in [0.05, 0.1) is 0 Å². The SMILES string of the molecule is C1CCOC1.[CH]1[CH][CH][CH][CH]1.[CH]1[CH][CH][CH][CH]1.[CH]1[CH][CH][CH][CH]1.[Sm]. The zero-order valence-corrected chi connectivity index (χ0v) is 14.9. The van der Waals surface area contributed by atoms with Gasteiger partial charge in [0, 0.05) is 53.6 Å². The predicted octanol–water partition coefficient (Wildman–Crippen LogP) is 3.86. The van der Waals surface area contributed by atoms with Crippen LogP contribution >= 0.6 is 0 Å². The van der Waals surface area contributed by atoms with Crippen molar-refractivity contribution in [3.8, 4) is 0 Å². The van der Waals surface area contributed by atoms with Crippen LogP contribution in [-0.4, -0.2) is 13.2 Å². The van der Waals surface area contributed by atoms with Crippen LogP contribution in [0.15, 0.2) is 0 Å². The molecule has 0 atom stereocenters. The molecule has 111 valence electrons. The zero-order valence-electron chi connectivity index (χ0n) is 12.3. The quantitative estimate of drug-likeness (QED) is 0.581. The van der Waals surface area contributed by atoms with Crippen molar-refractivity contribution in [2.75, 3.05) is 13.2 Å². The van der Waals surface area contributed by atoms with Crippen LogP contribution in [-0.2, 0) is 4.74 Å². The van der Waals surface area contributed by atoms with E-state index >= 15 is 0 Å². The van der Waals surface area contributed by atoms with Crippen molar-refractivity contribution in [1.29, 1.82) is 0 Å². The average Bonchev–Trinajstić information content (AvgIpc) is 3.40. The molecule has 0 amide bonds. The molecule has 2 heteroatoms. The summed E-state index contributed by atoms with van der Waals surface area (Å²) in [6.45, 7) is 2.00. The Morgan fingerprint density at radius 1 is 0.381 bits per heavy atom. The van der Waals surface area contributed by atoms with Gasteiger partial charge in [0.25, 0.3) is 0 Å². The maximum absolute atomic E-state index is 4.94. The largest absolute Gasteiger partial charge is 0.381 e. The molecule has 0 spiro atoms. The molecule has 4 aliphatic rings. The van der Waals surface area contributed by atoms with Crippen LogP contribution in [0.5, 0.6) is 0 Å². The monoisotopic (exact) mass is 419 g/mol. The van der Waals surface area contributed by atoms with Crippen LogP contribution in [0.2, 0.25) is 0 Å². The molecule has 15 radical (unpaired) electrons. The van der Waals surface area contributed by atoms with Crippen molar-refractivity contribution in [3.63, 3.8) is 0 Å². The topological polar surface area (TPSA) is 9.23 Å². The third-order valence-electron chi connectivity index (χ3n) is 2.49. The number of hydrogen-bond donors (Lipinski definition) is 0. The van der Waals surface area contributed by atoms with Crippen LogP contribution < -0.4 is 0 Å². The molecular formula is C19H23OSm. The minimum Gasteiger partial charge on any atom is -0.381 e. The Morgan fingerprint density at radius 3 is 0.667 bits per heavy atom. The first-order chi connectivity index (χ1) is 10.0. The fraction of sp³-hybridized carbons (Fsp3) is 0.211. The fourth-order valence-corrected chi connectivity index (χ4v) is 1.47. The van der Waals surface area contributed by atoms with E-state index in [4.69, 9.17) is 4.74 Å². The Morgan fingerprint density at radius 2 is 0.571 bits per heavy atom. The minimum atomic E-state index is 0. The summed E-state index contributed by atoms with van der Waals surface area (Å²) in [7, 11) is 0. The van der Waals surface area contributed by atoms with Gasteiger partial charge in [0.1, 0.15) is 0 Å². The Hall–Kier alpha value is 1.30. The second-order valence-electron chi connectivity index (χ2n) is 4.21. The predicted molar refractivity (Wildman–Crippen MR) is 84.6 cm³/mol. The Labute approximate surface area is 166 Å². The summed E-state index contributed by atoms with van der Waals surface area (Å²) in [6.07, 6.45) is 32.6. The molecule has 0 aromatic heterocycles. The average molecular weight is 418 g/mol. The van der Waals surface area contributed by atoms with Gasteiger partial charge < -0.3 is 4.74 Å². The first-order valence-electron chi connectivity index (χ1n) is 7.08. The van der Waals surface area contributed by atoms with Crippen molar-refractivity contribution < 1.29 is 45.1 Å². The molecule has 0 unspecified atom stereocenters. The van der Waals surface area contributed by atoms with E-state index in [1.54, 1.807) is 0 Å². The van der Waals surface area contributed by atoms with E-state index in [1.807, 2.05) is 96.3 Å². The van der Waals surface area contributed by atoms with Gasteiger partial charge in [0.15, 0.2) is 0 Å². The van der Waals surface area contributed by atoms with Gasteiger partial charge in [-0.1, -0.05) is 0 Å². The molecule has 3 saturated carbocycles. The maximum Gasteiger partial charge on any atom is 0.0466 e. The van der Waals surface area contributed by atoms with Crippen molar-refractivity contribution in [3.05, 3.63) is 96.3 Å². The van der Waals surface area contributed by atoms with Crippen LogP contribution in [0.25, 0.3) is 0 Å². The maximum atomic E-state index is 4.94. The second kappa shape index (κ2) is 19.3. The van der Waals surface area contributed by atoms with Gasteiger partial charge in [-0.25, -0.2) is 0 Å². The third-order valence-corrected chi connectivity index (χ3v) is 2.49. The van der Waals surface area contributed by atoms with E-state index in [0.29, 0.717) is 0 Å². The van der Waals surface area contributed by atoms with Gasteiger partial charge in [-0.3, -0.25) is 0 Å². The minimum absolute atomic E-state index is 0. The van der Waals surface area contributed by atoms with Crippen LogP contribution in [0, 0.1) is 137 Å². The van der Waals surface area contributed by atoms with Crippen LogP contribution in [0.3, 0.4) is 0 Å². The third kappa shape index (κ3) is 17.5. The molecule has 4 rings (SSSR count). The first kappa shape index (κ1) is 22.3. The Kier molecular flexibility index (Phi) is 20.5. The molecule has 0 N–H and O–H groups in total. The molecule has 3 aliphatic carbocycles. The van der Waals surface area contributed by atoms with E-state index in [0.717, 1.165) is 13.2 Å². The Balaban J connectivity index is 0.000000250. The van der Waals surface area contributed by atoms with Crippen LogP contribution in [0.1, 0.15) is 12.8 Å². The van der Waals surface area contributed by atoms with Crippen molar-refractivity contribution >= 4 is 0 Å². The summed E-state index contributed by atoms with van der Waals surface area (Å²) >= 11 is 0. The summed E-state index contributed by atoms with van der Waals surface area (Å²) in [5.74, 6) is 0. The van der Waals surface area contributed by atoms with Gasteiger partial charge in [-0.15, -0.1) is 0 Å². The molecule has 1 saturated heterocycles. The van der Waals surface area contributed by atoms with Gasteiger partial charge >= 0.3 is 0 Å². The van der Waals surface area contributed by atoms with E-state index in [-0.39, 0.29) is 40.4 Å². The summed E-state index contributed by atoms with van der Waals surface area (Å²) < 4.78 is 4.94. The van der Waals surface area contributed by atoms with E-state index in [2.05, 4.69) is 0 Å². The number of hydrogen-bond acceptors (Lipinski definition) is 1.